The van der Waals surface area contributed by atoms with Crippen LogP contribution in [0.1, 0.15) is 23.7 Å². The molecule has 0 heterocycles. The number of carbonyl (C=O) groups is 1. The van der Waals surface area contributed by atoms with E-state index < -0.39 is 6.10 Å². The highest BCUT2D eigenvalue weighted by Crippen LogP contribution is 2.19. The molecule has 0 aliphatic rings. The van der Waals surface area contributed by atoms with Gasteiger partial charge in [-0.1, -0.05) is 18.5 Å². The fourth-order valence-electron chi connectivity index (χ4n) is 1.09. The Morgan fingerprint density at radius 1 is 1.62 bits per heavy atom. The van der Waals surface area contributed by atoms with E-state index in [0.29, 0.717) is 17.0 Å². The third kappa shape index (κ3) is 3.92. The summed E-state index contributed by atoms with van der Waals surface area (Å²) >= 11 is 8.01. The van der Waals surface area contributed by atoms with Crippen molar-refractivity contribution in [3.8, 4) is 0 Å². The normalized spacial score (nSPS) is 12.2. The molecule has 2 N–H and O–H groups in total. The van der Waals surface area contributed by atoms with E-state index in [0.717, 1.165) is 3.57 Å². The summed E-state index contributed by atoms with van der Waals surface area (Å²) in [6.45, 7) is 2.12. The molecule has 3 nitrogen and oxygen atoms in total. The maximum absolute atomic E-state index is 11.6. The second-order valence-electron chi connectivity index (χ2n) is 3.40. The molecule has 0 aliphatic heterocycles. The Morgan fingerprint density at radius 2 is 2.31 bits per heavy atom. The van der Waals surface area contributed by atoms with E-state index >= 15 is 0 Å². The van der Waals surface area contributed by atoms with Crippen molar-refractivity contribution in [2.24, 2.45) is 0 Å². The molecular weight excluding hydrogens is 340 g/mol. The minimum Gasteiger partial charge on any atom is -0.391 e. The highest BCUT2D eigenvalue weighted by atomic mass is 127. The first-order valence-corrected chi connectivity index (χ1v) is 6.41. The quantitative estimate of drug-likeness (QED) is 0.817. The van der Waals surface area contributed by atoms with Gasteiger partial charge in [0, 0.05) is 15.7 Å². The number of halogens is 2. The summed E-state index contributed by atoms with van der Waals surface area (Å²) in [4.78, 5) is 11.6. The Bertz CT molecular complexity index is 384. The van der Waals surface area contributed by atoms with E-state index in [1.807, 2.05) is 6.92 Å². The van der Waals surface area contributed by atoms with Crippen molar-refractivity contribution in [1.29, 1.82) is 0 Å². The standard InChI is InChI=1S/C11H13ClINO2/c1-2-8(15)6-14-11(16)7-3-4-10(13)9(12)5-7/h3-5,8,15H,2,6H2,1H3,(H,14,16). The predicted molar refractivity (Wildman–Crippen MR) is 72.8 cm³/mol. The van der Waals surface area contributed by atoms with Crippen LogP contribution >= 0.6 is 34.2 Å². The highest BCUT2D eigenvalue weighted by molar-refractivity contribution is 14.1. The number of carbonyl (C=O) groups excluding carboxylic acids is 1. The SMILES string of the molecule is CCC(O)CNC(=O)c1ccc(I)c(Cl)c1. The van der Waals surface area contributed by atoms with E-state index in [9.17, 15) is 9.90 Å². The molecule has 1 rings (SSSR count). The monoisotopic (exact) mass is 353 g/mol. The van der Waals surface area contributed by atoms with Gasteiger partial charge in [-0.15, -0.1) is 0 Å². The largest absolute Gasteiger partial charge is 0.391 e. The van der Waals surface area contributed by atoms with Gasteiger partial charge in [-0.05, 0) is 47.2 Å². The number of aliphatic hydroxyl groups is 1. The molecule has 0 saturated carbocycles. The molecule has 0 bridgehead atoms. The smallest absolute Gasteiger partial charge is 0.251 e. The van der Waals surface area contributed by atoms with Gasteiger partial charge in [0.15, 0.2) is 0 Å². The highest BCUT2D eigenvalue weighted by Gasteiger charge is 2.09. The van der Waals surface area contributed by atoms with Crippen molar-refractivity contribution in [3.63, 3.8) is 0 Å². The van der Waals surface area contributed by atoms with Crippen LogP contribution in [0.3, 0.4) is 0 Å². The average Bonchev–Trinajstić information content (AvgIpc) is 2.29. The fraction of sp³-hybridized carbons (Fsp3) is 0.364. The molecule has 0 fully saturated rings. The van der Waals surface area contributed by atoms with Gasteiger partial charge in [-0.3, -0.25) is 4.79 Å². The van der Waals surface area contributed by atoms with Crippen molar-refractivity contribution < 1.29 is 9.90 Å². The maximum Gasteiger partial charge on any atom is 0.251 e. The zero-order valence-electron chi connectivity index (χ0n) is 8.84. The second kappa shape index (κ2) is 6.42. The molecule has 1 amide bonds. The Kier molecular flexibility index (Phi) is 5.51. The van der Waals surface area contributed by atoms with Gasteiger partial charge in [0.2, 0.25) is 0 Å². The van der Waals surface area contributed by atoms with Crippen LogP contribution in [-0.4, -0.2) is 23.7 Å². The van der Waals surface area contributed by atoms with E-state index in [4.69, 9.17) is 11.6 Å². The van der Waals surface area contributed by atoms with Gasteiger partial charge in [0.25, 0.3) is 5.91 Å². The first-order valence-electron chi connectivity index (χ1n) is 4.96. The van der Waals surface area contributed by atoms with Crippen LogP contribution in [0.15, 0.2) is 18.2 Å². The number of aliphatic hydroxyl groups excluding tert-OH is 1. The third-order valence-corrected chi connectivity index (χ3v) is 3.72. The third-order valence-electron chi connectivity index (χ3n) is 2.15. The van der Waals surface area contributed by atoms with Crippen LogP contribution < -0.4 is 5.32 Å². The Morgan fingerprint density at radius 3 is 2.88 bits per heavy atom. The Labute approximate surface area is 113 Å². The minimum atomic E-state index is -0.497. The fourth-order valence-corrected chi connectivity index (χ4v) is 1.61. The van der Waals surface area contributed by atoms with Crippen LogP contribution in [0.2, 0.25) is 5.02 Å². The molecule has 1 unspecified atom stereocenters. The van der Waals surface area contributed by atoms with E-state index in [1.54, 1.807) is 18.2 Å². The summed E-state index contributed by atoms with van der Waals surface area (Å²) in [6.07, 6.45) is 0.122. The summed E-state index contributed by atoms with van der Waals surface area (Å²) in [6, 6.07) is 5.12. The van der Waals surface area contributed by atoms with Gasteiger partial charge in [0.1, 0.15) is 0 Å². The number of hydrogen-bond donors (Lipinski definition) is 2. The van der Waals surface area contributed by atoms with Gasteiger partial charge in [-0.25, -0.2) is 0 Å². The summed E-state index contributed by atoms with van der Waals surface area (Å²) in [5.41, 5.74) is 0.508. The van der Waals surface area contributed by atoms with Crippen LogP contribution in [0.25, 0.3) is 0 Å². The molecule has 5 heteroatoms. The van der Waals surface area contributed by atoms with Crippen molar-refractivity contribution >= 4 is 40.1 Å². The lowest BCUT2D eigenvalue weighted by molar-refractivity contribution is 0.0914. The van der Waals surface area contributed by atoms with Crippen molar-refractivity contribution in [2.75, 3.05) is 6.54 Å². The van der Waals surface area contributed by atoms with Crippen LogP contribution in [-0.2, 0) is 0 Å². The summed E-state index contributed by atoms with van der Waals surface area (Å²) < 4.78 is 0.907. The van der Waals surface area contributed by atoms with Crippen molar-refractivity contribution in [1.82, 2.24) is 5.32 Å². The lowest BCUT2D eigenvalue weighted by Crippen LogP contribution is -2.31. The van der Waals surface area contributed by atoms with Crippen molar-refractivity contribution in [2.45, 2.75) is 19.4 Å². The molecule has 0 radical (unpaired) electrons. The molecule has 0 aliphatic carbocycles. The number of amides is 1. The first-order chi connectivity index (χ1) is 7.54. The Hall–Kier alpha value is -0.330. The Balaban J connectivity index is 2.63. The predicted octanol–water partition coefficient (Wildman–Crippen LogP) is 2.45. The minimum absolute atomic E-state index is 0.217. The molecule has 1 aromatic carbocycles. The molecule has 1 aromatic rings. The molecular formula is C11H13ClINO2. The van der Waals surface area contributed by atoms with E-state index in [-0.39, 0.29) is 12.5 Å². The van der Waals surface area contributed by atoms with Crippen LogP contribution in [0, 0.1) is 3.57 Å². The molecule has 1 atom stereocenters. The summed E-state index contributed by atoms with van der Waals surface area (Å²) in [5.74, 6) is -0.217. The van der Waals surface area contributed by atoms with Gasteiger partial charge in [0.05, 0.1) is 11.1 Å². The summed E-state index contributed by atoms with van der Waals surface area (Å²) in [5, 5.41) is 12.5. The van der Waals surface area contributed by atoms with Crippen LogP contribution in [0.5, 0.6) is 0 Å². The molecule has 88 valence electrons. The van der Waals surface area contributed by atoms with Crippen molar-refractivity contribution in [3.05, 3.63) is 32.4 Å². The lowest BCUT2D eigenvalue weighted by atomic mass is 10.2. The molecule has 0 saturated heterocycles. The van der Waals surface area contributed by atoms with Crippen LogP contribution in [0.4, 0.5) is 0 Å². The topological polar surface area (TPSA) is 49.3 Å². The maximum atomic E-state index is 11.6. The van der Waals surface area contributed by atoms with E-state index in [2.05, 4.69) is 27.9 Å². The van der Waals surface area contributed by atoms with Gasteiger partial charge in [-0.2, -0.15) is 0 Å². The van der Waals surface area contributed by atoms with Gasteiger partial charge >= 0.3 is 0 Å². The first kappa shape index (κ1) is 13.7. The zero-order chi connectivity index (χ0) is 12.1. The van der Waals surface area contributed by atoms with Gasteiger partial charge < -0.3 is 10.4 Å². The lowest BCUT2D eigenvalue weighted by Gasteiger charge is -2.09. The number of nitrogens with one attached hydrogen (secondary N) is 1. The second-order valence-corrected chi connectivity index (χ2v) is 4.97. The number of rotatable bonds is 4. The summed E-state index contributed by atoms with van der Waals surface area (Å²) in [7, 11) is 0. The zero-order valence-corrected chi connectivity index (χ0v) is 11.7. The molecule has 0 spiro atoms. The number of benzene rings is 1. The molecule has 16 heavy (non-hydrogen) atoms. The average molecular weight is 354 g/mol. The molecule has 0 aromatic heterocycles. The number of hydrogen-bond acceptors (Lipinski definition) is 2. The van der Waals surface area contributed by atoms with E-state index in [1.165, 1.54) is 0 Å².